The maximum atomic E-state index is 14.2. The van der Waals surface area contributed by atoms with Crippen LogP contribution >= 0.6 is 11.3 Å². The van der Waals surface area contributed by atoms with Gasteiger partial charge in [0.1, 0.15) is 17.0 Å². The van der Waals surface area contributed by atoms with Crippen molar-refractivity contribution in [2.24, 2.45) is 11.5 Å². The average molecular weight is 610 g/mol. The van der Waals surface area contributed by atoms with Gasteiger partial charge in [0.25, 0.3) is 5.91 Å². The Hall–Kier alpha value is -4.51. The number of ketones is 1. The molecule has 8 N–H and O–H groups in total. The predicted octanol–water partition coefficient (Wildman–Crippen LogP) is 4.71. The highest BCUT2D eigenvalue weighted by atomic mass is 32.1. The molecule has 4 aromatic rings. The van der Waals surface area contributed by atoms with Crippen LogP contribution in [0.3, 0.4) is 0 Å². The van der Waals surface area contributed by atoms with Gasteiger partial charge in [-0.3, -0.25) is 14.4 Å². The van der Waals surface area contributed by atoms with Crippen molar-refractivity contribution in [3.8, 4) is 11.5 Å². The van der Waals surface area contributed by atoms with E-state index >= 15 is 0 Å². The molecule has 1 aromatic heterocycles. The van der Waals surface area contributed by atoms with Crippen LogP contribution in [0.2, 0.25) is 0 Å². The van der Waals surface area contributed by atoms with Gasteiger partial charge in [-0.15, -0.1) is 11.3 Å². The number of Topliss-reactive ketones (excluding diaryl/α,β-unsaturated/α-hetero) is 1. The van der Waals surface area contributed by atoms with Crippen LogP contribution < -0.4 is 32.6 Å². The fourth-order valence-electron chi connectivity index (χ4n) is 6.56. The second kappa shape index (κ2) is 11.5. The lowest BCUT2D eigenvalue weighted by molar-refractivity contribution is -0.124. The minimum atomic E-state index is -1.57. The van der Waals surface area contributed by atoms with Crippen LogP contribution in [-0.4, -0.2) is 29.7 Å². The Bertz CT molecular complexity index is 1800. The van der Waals surface area contributed by atoms with Gasteiger partial charge in [-0.05, 0) is 85.7 Å². The van der Waals surface area contributed by atoms with Gasteiger partial charge in [-0.1, -0.05) is 36.9 Å². The number of anilines is 1. The molecule has 0 saturated heterocycles. The van der Waals surface area contributed by atoms with Crippen molar-refractivity contribution in [1.82, 2.24) is 10.6 Å². The minimum Gasteiger partial charge on any atom is -0.457 e. The van der Waals surface area contributed by atoms with Gasteiger partial charge in [-0.2, -0.15) is 0 Å². The van der Waals surface area contributed by atoms with E-state index in [1.165, 1.54) is 17.4 Å². The molecule has 2 amide bonds. The first kappa shape index (κ1) is 29.6. The lowest BCUT2D eigenvalue weighted by Crippen LogP contribution is -2.53. The summed E-state index contributed by atoms with van der Waals surface area (Å²) in [6, 6.07) is 17.0. The van der Waals surface area contributed by atoms with Crippen LogP contribution in [0.15, 0.2) is 73.3 Å². The molecule has 1 fully saturated rings. The number of nitrogens with one attached hydrogen (secondary N) is 2. The van der Waals surface area contributed by atoms with Crippen molar-refractivity contribution in [3.05, 3.63) is 100 Å². The van der Waals surface area contributed by atoms with Crippen molar-refractivity contribution >= 4 is 44.7 Å². The SMILES string of the molecule is C=CC(=O)N[C@H]1CCC[C@@H](NC(=O)c2sc3c(N)ccc4c3c2C(N)C(=O)C4(N)c2ccc(Oc3ccccc3)cc2C)C1. The number of thiophene rings is 1. The molecule has 0 aliphatic heterocycles. The first-order chi connectivity index (χ1) is 21.1. The number of carbonyl (C=O) groups is 3. The minimum absolute atomic E-state index is 0.0584. The largest absolute Gasteiger partial charge is 0.457 e. The smallest absolute Gasteiger partial charge is 0.261 e. The van der Waals surface area contributed by atoms with E-state index in [0.29, 0.717) is 55.3 Å². The second-order valence-electron chi connectivity index (χ2n) is 11.5. The highest BCUT2D eigenvalue weighted by Gasteiger charge is 2.49. The maximum Gasteiger partial charge on any atom is 0.261 e. The molecule has 9 nitrogen and oxygen atoms in total. The van der Waals surface area contributed by atoms with Crippen molar-refractivity contribution < 1.29 is 19.1 Å². The van der Waals surface area contributed by atoms with Gasteiger partial charge in [0.15, 0.2) is 5.78 Å². The Morgan fingerprint density at radius 1 is 1.02 bits per heavy atom. The zero-order valence-electron chi connectivity index (χ0n) is 24.4. The summed E-state index contributed by atoms with van der Waals surface area (Å²) in [6.07, 6.45) is 4.30. The van der Waals surface area contributed by atoms with Crippen molar-refractivity contribution in [2.75, 3.05) is 5.73 Å². The average Bonchev–Trinajstić information content (AvgIpc) is 3.42. The number of nitrogens with two attached hydrogens (primary N) is 3. The van der Waals surface area contributed by atoms with Gasteiger partial charge < -0.3 is 32.6 Å². The monoisotopic (exact) mass is 609 g/mol. The third-order valence-electron chi connectivity index (χ3n) is 8.66. The number of nitrogen functional groups attached to an aromatic ring is 1. The first-order valence-electron chi connectivity index (χ1n) is 14.6. The third kappa shape index (κ3) is 5.04. The van der Waals surface area contributed by atoms with Crippen LogP contribution in [0.5, 0.6) is 11.5 Å². The maximum absolute atomic E-state index is 14.2. The molecule has 0 radical (unpaired) electrons. The molecule has 44 heavy (non-hydrogen) atoms. The second-order valence-corrected chi connectivity index (χ2v) is 12.6. The van der Waals surface area contributed by atoms with E-state index in [1.54, 1.807) is 24.3 Å². The van der Waals surface area contributed by atoms with Crippen LogP contribution in [0.1, 0.15) is 63.7 Å². The number of benzene rings is 3. The van der Waals surface area contributed by atoms with Gasteiger partial charge >= 0.3 is 0 Å². The van der Waals surface area contributed by atoms with Gasteiger partial charge in [-0.25, -0.2) is 0 Å². The molecule has 0 spiro atoms. The van der Waals surface area contributed by atoms with Crippen molar-refractivity contribution in [2.45, 2.75) is 56.3 Å². The summed E-state index contributed by atoms with van der Waals surface area (Å²) in [7, 11) is 0. The molecule has 3 aromatic carbocycles. The molecular formula is C34H35N5O4S. The molecule has 0 bridgehead atoms. The van der Waals surface area contributed by atoms with Crippen LogP contribution in [0.25, 0.3) is 10.1 Å². The zero-order chi connectivity index (χ0) is 31.2. The number of ether oxygens (including phenoxy) is 1. The Kier molecular flexibility index (Phi) is 7.75. The van der Waals surface area contributed by atoms with Crippen LogP contribution in [0.4, 0.5) is 5.69 Å². The molecule has 6 rings (SSSR count). The quantitative estimate of drug-likeness (QED) is 0.150. The van der Waals surface area contributed by atoms with E-state index in [9.17, 15) is 14.4 Å². The normalized spacial score (nSPS) is 22.8. The summed E-state index contributed by atoms with van der Waals surface area (Å²) in [6.45, 7) is 5.40. The Labute approximate surface area is 259 Å². The molecule has 10 heteroatoms. The molecule has 4 atom stereocenters. The zero-order valence-corrected chi connectivity index (χ0v) is 25.2. The fourth-order valence-corrected chi connectivity index (χ4v) is 7.76. The highest BCUT2D eigenvalue weighted by Crippen LogP contribution is 2.50. The van der Waals surface area contributed by atoms with E-state index in [1.807, 2.05) is 43.3 Å². The third-order valence-corrected chi connectivity index (χ3v) is 9.92. The molecule has 1 saturated carbocycles. The fraction of sp³-hybridized carbons (Fsp3) is 0.265. The number of hydrogen-bond acceptors (Lipinski definition) is 8. The molecule has 1 heterocycles. The lowest BCUT2D eigenvalue weighted by atomic mass is 9.69. The van der Waals surface area contributed by atoms with E-state index in [0.717, 1.165) is 24.8 Å². The van der Waals surface area contributed by atoms with Gasteiger partial charge in [0, 0.05) is 28.7 Å². The van der Waals surface area contributed by atoms with E-state index < -0.39 is 17.4 Å². The molecular weight excluding hydrogens is 574 g/mol. The van der Waals surface area contributed by atoms with Crippen LogP contribution in [-0.2, 0) is 15.1 Å². The summed E-state index contributed by atoms with van der Waals surface area (Å²) in [5.41, 5.74) is 21.5. The van der Waals surface area contributed by atoms with Crippen molar-refractivity contribution in [3.63, 3.8) is 0 Å². The Morgan fingerprint density at radius 2 is 1.73 bits per heavy atom. The van der Waals surface area contributed by atoms with Crippen LogP contribution in [0, 0.1) is 6.92 Å². The van der Waals surface area contributed by atoms with E-state index in [2.05, 4.69) is 17.2 Å². The number of rotatable bonds is 7. The Morgan fingerprint density at radius 3 is 2.43 bits per heavy atom. The first-order valence-corrected chi connectivity index (χ1v) is 15.5. The number of carbonyl (C=O) groups excluding carboxylic acids is 3. The summed E-state index contributed by atoms with van der Waals surface area (Å²) < 4.78 is 6.67. The van der Waals surface area contributed by atoms with E-state index in [4.69, 9.17) is 21.9 Å². The number of hydrogen-bond donors (Lipinski definition) is 5. The number of aryl methyl sites for hydroxylation is 1. The summed E-state index contributed by atoms with van der Waals surface area (Å²) >= 11 is 1.22. The van der Waals surface area contributed by atoms with Gasteiger partial charge in [0.2, 0.25) is 5.91 Å². The molecule has 226 valence electrons. The summed E-state index contributed by atoms with van der Waals surface area (Å²) in [5.74, 6) is 0.339. The molecule has 2 aliphatic rings. The van der Waals surface area contributed by atoms with Crippen molar-refractivity contribution in [1.29, 1.82) is 0 Å². The molecule has 2 unspecified atom stereocenters. The highest BCUT2D eigenvalue weighted by molar-refractivity contribution is 7.21. The summed E-state index contributed by atoms with van der Waals surface area (Å²) in [5, 5.41) is 6.70. The standard InChI is InChI=1S/C34H35N5O4S/c1-3-26(40)38-19-8-7-9-20(17-19)39-33(42)31-28-27-24(14-15-25(35)30(27)44-31)34(37,32(41)29(28)36)23-13-12-22(16-18(23)2)43-21-10-5-4-6-11-21/h3-6,10-16,19-20,29H,1,7-9,17,35-37H2,2H3,(H,38,40)(H,39,42)/t19-,20+,29?,34?/m0/s1. The van der Waals surface area contributed by atoms with E-state index in [-0.39, 0.29) is 23.9 Å². The number of amides is 2. The predicted molar refractivity (Wildman–Crippen MR) is 173 cm³/mol. The topological polar surface area (TPSA) is 163 Å². The van der Waals surface area contributed by atoms with Gasteiger partial charge in [0.05, 0.1) is 15.6 Å². The molecule has 2 aliphatic carbocycles. The summed E-state index contributed by atoms with van der Waals surface area (Å²) in [4.78, 5) is 40.2. The lowest BCUT2D eigenvalue weighted by Gasteiger charge is -2.37. The Balaban J connectivity index is 1.36. The number of para-hydroxylation sites is 1.